The van der Waals surface area contributed by atoms with Crippen LogP contribution in [0.5, 0.6) is 0 Å². The molecule has 3 heterocycles. The Morgan fingerprint density at radius 3 is 2.57 bits per heavy atom. The monoisotopic (exact) mass is 490 g/mol. The summed E-state index contributed by atoms with van der Waals surface area (Å²) >= 11 is 6.07. The molecule has 2 N–H and O–H groups in total. The van der Waals surface area contributed by atoms with E-state index in [9.17, 15) is 14.4 Å². The van der Waals surface area contributed by atoms with Gasteiger partial charge in [0.25, 0.3) is 5.56 Å². The standard InChI is InChI=1S/C27H27ClN4O3/c28-21-8-4-9-22(14-21)29-26(34)23(13-18-6-2-1-3-7-18)30-27(35)31-15-19-12-20(17-31)24-10-5-11-25(33)32(24)16-19/h1-11,14,19-20,23H,12-13,15-17H2,(H,29,34)(H,30,35)/t19-,20+,23+/m1/s1. The first-order valence-corrected chi connectivity index (χ1v) is 12.2. The van der Waals surface area contributed by atoms with Gasteiger partial charge in [-0.2, -0.15) is 0 Å². The molecule has 0 spiro atoms. The lowest BCUT2D eigenvalue weighted by Gasteiger charge is -2.43. The first-order chi connectivity index (χ1) is 17.0. The zero-order valence-electron chi connectivity index (χ0n) is 19.2. The molecule has 0 unspecified atom stereocenters. The van der Waals surface area contributed by atoms with E-state index in [1.165, 1.54) is 0 Å². The number of urea groups is 1. The number of hydrogen-bond donors (Lipinski definition) is 2. The number of carbonyl (C=O) groups is 2. The second kappa shape index (κ2) is 9.96. The van der Waals surface area contributed by atoms with Gasteiger partial charge in [0.15, 0.2) is 0 Å². The minimum absolute atomic E-state index is 0.00992. The predicted molar refractivity (Wildman–Crippen MR) is 136 cm³/mol. The van der Waals surface area contributed by atoms with E-state index in [-0.39, 0.29) is 29.3 Å². The lowest BCUT2D eigenvalue weighted by molar-refractivity contribution is -0.118. The van der Waals surface area contributed by atoms with Crippen LogP contribution in [0.3, 0.4) is 0 Å². The van der Waals surface area contributed by atoms with Crippen LogP contribution in [0.4, 0.5) is 10.5 Å². The predicted octanol–water partition coefficient (Wildman–Crippen LogP) is 3.88. The van der Waals surface area contributed by atoms with Crippen LogP contribution < -0.4 is 16.2 Å². The van der Waals surface area contributed by atoms with E-state index in [2.05, 4.69) is 10.6 Å². The van der Waals surface area contributed by atoms with Gasteiger partial charge in [-0.05, 0) is 42.2 Å². The Balaban J connectivity index is 1.32. The molecule has 5 rings (SSSR count). The lowest BCUT2D eigenvalue weighted by Crippen LogP contribution is -2.55. The van der Waals surface area contributed by atoms with Crippen LogP contribution in [0.25, 0.3) is 0 Å². The number of likely N-dealkylation sites (tertiary alicyclic amines) is 1. The normalized spacial score (nSPS) is 19.4. The van der Waals surface area contributed by atoms with Crippen molar-refractivity contribution in [2.45, 2.75) is 31.3 Å². The highest BCUT2D eigenvalue weighted by atomic mass is 35.5. The molecule has 0 aliphatic carbocycles. The summed E-state index contributed by atoms with van der Waals surface area (Å²) in [6.45, 7) is 1.68. The largest absolute Gasteiger partial charge is 0.326 e. The molecule has 1 fully saturated rings. The molecular formula is C27H27ClN4O3. The van der Waals surface area contributed by atoms with Gasteiger partial charge in [-0.1, -0.05) is 54.1 Å². The molecule has 1 saturated heterocycles. The molecule has 2 aliphatic heterocycles. The van der Waals surface area contributed by atoms with Crippen molar-refractivity contribution in [1.29, 1.82) is 0 Å². The molecule has 35 heavy (non-hydrogen) atoms. The number of amides is 3. The summed E-state index contributed by atoms with van der Waals surface area (Å²) in [4.78, 5) is 40.7. The van der Waals surface area contributed by atoms with E-state index >= 15 is 0 Å². The number of hydrogen-bond acceptors (Lipinski definition) is 3. The molecular weight excluding hydrogens is 464 g/mol. The zero-order valence-corrected chi connectivity index (χ0v) is 19.9. The number of carbonyl (C=O) groups excluding carboxylic acids is 2. The smallest absolute Gasteiger partial charge is 0.318 e. The van der Waals surface area contributed by atoms with Gasteiger partial charge in [0.05, 0.1) is 0 Å². The van der Waals surface area contributed by atoms with E-state index in [1.807, 2.05) is 41.0 Å². The lowest BCUT2D eigenvalue weighted by atomic mass is 9.83. The molecule has 3 amide bonds. The van der Waals surface area contributed by atoms with Crippen LogP contribution >= 0.6 is 11.6 Å². The zero-order chi connectivity index (χ0) is 24.4. The summed E-state index contributed by atoms with van der Waals surface area (Å²) in [6.07, 6.45) is 1.31. The molecule has 2 bridgehead atoms. The number of anilines is 1. The minimum atomic E-state index is -0.763. The van der Waals surface area contributed by atoms with Crippen LogP contribution in [0.1, 0.15) is 23.6 Å². The maximum Gasteiger partial charge on any atom is 0.318 e. The third kappa shape index (κ3) is 5.25. The maximum absolute atomic E-state index is 13.4. The van der Waals surface area contributed by atoms with E-state index in [1.54, 1.807) is 41.3 Å². The second-order valence-corrected chi connectivity index (χ2v) is 9.73. The Morgan fingerprint density at radius 1 is 0.971 bits per heavy atom. The number of nitrogens with zero attached hydrogens (tertiary/aromatic N) is 2. The van der Waals surface area contributed by atoms with Gasteiger partial charge < -0.3 is 20.1 Å². The van der Waals surface area contributed by atoms with Gasteiger partial charge in [-0.15, -0.1) is 0 Å². The Morgan fingerprint density at radius 2 is 1.77 bits per heavy atom. The van der Waals surface area contributed by atoms with E-state index in [4.69, 9.17) is 11.6 Å². The van der Waals surface area contributed by atoms with E-state index < -0.39 is 6.04 Å². The molecule has 0 radical (unpaired) electrons. The van der Waals surface area contributed by atoms with Gasteiger partial charge in [-0.3, -0.25) is 9.59 Å². The molecule has 0 saturated carbocycles. The van der Waals surface area contributed by atoms with Crippen molar-refractivity contribution in [3.8, 4) is 0 Å². The third-order valence-corrected chi connectivity index (χ3v) is 6.99. The highest BCUT2D eigenvalue weighted by Crippen LogP contribution is 2.34. The molecule has 3 atom stereocenters. The molecule has 7 nitrogen and oxygen atoms in total. The minimum Gasteiger partial charge on any atom is -0.326 e. The summed E-state index contributed by atoms with van der Waals surface area (Å²) in [5.41, 5.74) is 2.51. The fourth-order valence-corrected chi connectivity index (χ4v) is 5.35. The van der Waals surface area contributed by atoms with Crippen molar-refractivity contribution in [3.63, 3.8) is 0 Å². The first kappa shape index (κ1) is 23.2. The summed E-state index contributed by atoms with van der Waals surface area (Å²) in [6, 6.07) is 20.8. The van der Waals surface area contributed by atoms with Crippen LogP contribution in [-0.2, 0) is 17.8 Å². The third-order valence-electron chi connectivity index (χ3n) is 6.76. The van der Waals surface area contributed by atoms with Gasteiger partial charge in [0.2, 0.25) is 5.91 Å². The topological polar surface area (TPSA) is 83.4 Å². The van der Waals surface area contributed by atoms with Crippen LogP contribution in [0.15, 0.2) is 77.6 Å². The van der Waals surface area contributed by atoms with Crippen molar-refractivity contribution >= 4 is 29.2 Å². The summed E-state index contributed by atoms with van der Waals surface area (Å²) in [5, 5.41) is 6.36. The molecule has 2 aromatic carbocycles. The van der Waals surface area contributed by atoms with E-state index in [0.717, 1.165) is 17.7 Å². The fraction of sp³-hybridized carbons (Fsp3) is 0.296. The Bertz CT molecular complexity index is 1290. The maximum atomic E-state index is 13.4. The molecule has 2 aliphatic rings. The van der Waals surface area contributed by atoms with Gasteiger partial charge in [0, 0.05) is 54.4 Å². The fourth-order valence-electron chi connectivity index (χ4n) is 5.16. The number of piperidine rings is 1. The molecule has 180 valence electrons. The highest BCUT2D eigenvalue weighted by molar-refractivity contribution is 6.30. The van der Waals surface area contributed by atoms with Crippen LogP contribution in [-0.4, -0.2) is 40.5 Å². The van der Waals surface area contributed by atoms with Gasteiger partial charge in [-0.25, -0.2) is 4.79 Å². The van der Waals surface area contributed by atoms with Gasteiger partial charge in [0.1, 0.15) is 6.04 Å². The average Bonchev–Trinajstić information content (AvgIpc) is 2.85. The van der Waals surface area contributed by atoms with Gasteiger partial charge >= 0.3 is 6.03 Å². The Labute approximate surface area is 208 Å². The van der Waals surface area contributed by atoms with Crippen molar-refractivity contribution in [3.05, 3.63) is 99.4 Å². The Kier molecular flexibility index (Phi) is 6.59. The second-order valence-electron chi connectivity index (χ2n) is 9.29. The van der Waals surface area contributed by atoms with Crippen LogP contribution in [0, 0.1) is 5.92 Å². The molecule has 8 heteroatoms. The Hall–Kier alpha value is -3.58. The van der Waals surface area contributed by atoms with Crippen LogP contribution in [0.2, 0.25) is 5.02 Å². The number of nitrogens with one attached hydrogen (secondary N) is 2. The number of halogens is 1. The molecule has 3 aromatic rings. The summed E-state index contributed by atoms with van der Waals surface area (Å²) < 4.78 is 1.84. The van der Waals surface area contributed by atoms with Crippen molar-refractivity contribution < 1.29 is 9.59 Å². The summed E-state index contributed by atoms with van der Waals surface area (Å²) in [7, 11) is 0. The number of fused-ring (bicyclic) bond motifs is 4. The molecule has 1 aromatic heterocycles. The summed E-state index contributed by atoms with van der Waals surface area (Å²) in [5.74, 6) is 0.00791. The number of pyridine rings is 1. The average molecular weight is 491 g/mol. The first-order valence-electron chi connectivity index (χ1n) is 11.8. The number of benzene rings is 2. The van der Waals surface area contributed by atoms with E-state index in [0.29, 0.717) is 36.8 Å². The van der Waals surface area contributed by atoms with Crippen molar-refractivity contribution in [1.82, 2.24) is 14.8 Å². The van der Waals surface area contributed by atoms with Crippen molar-refractivity contribution in [2.24, 2.45) is 5.92 Å². The van der Waals surface area contributed by atoms with Crippen molar-refractivity contribution in [2.75, 3.05) is 18.4 Å². The SMILES string of the molecule is O=C(Nc1cccc(Cl)c1)[C@H](Cc1ccccc1)NC(=O)N1C[C@H]2C[C@@H](C1)c1cccc(=O)n1C2. The number of rotatable bonds is 5. The quantitative estimate of drug-likeness (QED) is 0.569. The highest BCUT2D eigenvalue weighted by Gasteiger charge is 2.37. The number of aromatic nitrogens is 1.